The molecule has 3 aliphatic heterocycles. The molecule has 3 N–H and O–H groups in total. The largest absolute Gasteiger partial charge is 0.368 e. The van der Waals surface area contributed by atoms with E-state index >= 15 is 0 Å². The van der Waals surface area contributed by atoms with Crippen LogP contribution in [0.1, 0.15) is 19.3 Å². The third-order valence-electron chi connectivity index (χ3n) is 6.24. The Bertz CT molecular complexity index is 1100. The van der Waals surface area contributed by atoms with E-state index in [1.807, 2.05) is 11.8 Å². The van der Waals surface area contributed by atoms with Crippen molar-refractivity contribution in [1.29, 1.82) is 0 Å². The fourth-order valence-corrected chi connectivity index (χ4v) is 6.37. The van der Waals surface area contributed by atoms with Crippen LogP contribution >= 0.6 is 11.6 Å². The van der Waals surface area contributed by atoms with E-state index < -0.39 is 38.6 Å². The molecule has 1 aromatic rings. The topological polar surface area (TPSA) is 133 Å². The fraction of sp³-hybridized carbons (Fsp3) is 0.526. The molecule has 3 atom stereocenters. The molecular formula is C19H23ClFN5O5S. The smallest absolute Gasteiger partial charge is 0.250 e. The first-order chi connectivity index (χ1) is 15.0. The number of hydrogen-bond donors (Lipinski definition) is 2. The molecule has 0 spiro atoms. The fourth-order valence-electron chi connectivity index (χ4n) is 4.60. The molecule has 0 saturated carbocycles. The summed E-state index contributed by atoms with van der Waals surface area (Å²) in [6.07, 6.45) is 1.49. The number of likely N-dealkylation sites (N-methyl/N-ethyl adjacent to an activating group) is 1. The van der Waals surface area contributed by atoms with E-state index in [2.05, 4.69) is 4.90 Å². The molecule has 3 aliphatic rings. The quantitative estimate of drug-likeness (QED) is 0.527. The Balaban J connectivity index is 1.63. The Hall–Kier alpha value is -2.28. The Kier molecular flexibility index (Phi) is 5.90. The number of nitrogens with one attached hydrogen (secondary N) is 1. The molecule has 0 radical (unpaired) electrons. The number of primary amides is 1. The summed E-state index contributed by atoms with van der Waals surface area (Å²) in [5, 5.41) is -0.383. The summed E-state index contributed by atoms with van der Waals surface area (Å²) in [6.45, 7) is 1.23. The third-order valence-corrected chi connectivity index (χ3v) is 8.20. The lowest BCUT2D eigenvalue weighted by atomic mass is 10.2. The highest BCUT2D eigenvalue weighted by molar-refractivity contribution is 7.89. The normalized spacial score (nSPS) is 24.4. The van der Waals surface area contributed by atoms with Crippen molar-refractivity contribution in [1.82, 2.24) is 14.5 Å². The molecule has 2 bridgehead atoms. The van der Waals surface area contributed by atoms with Gasteiger partial charge in [0.2, 0.25) is 21.8 Å². The van der Waals surface area contributed by atoms with Crippen LogP contribution in [0.25, 0.3) is 0 Å². The van der Waals surface area contributed by atoms with Crippen LogP contribution in [0.3, 0.4) is 0 Å². The number of amides is 3. The molecule has 10 nitrogen and oxygen atoms in total. The molecule has 0 aromatic heterocycles. The van der Waals surface area contributed by atoms with Gasteiger partial charge in [-0.25, -0.2) is 12.8 Å². The summed E-state index contributed by atoms with van der Waals surface area (Å²) >= 11 is 6.25. The number of sulfonamides is 1. The van der Waals surface area contributed by atoms with Crippen molar-refractivity contribution in [2.75, 3.05) is 31.6 Å². The van der Waals surface area contributed by atoms with Gasteiger partial charge >= 0.3 is 0 Å². The van der Waals surface area contributed by atoms with Gasteiger partial charge in [-0.05, 0) is 32.0 Å². The van der Waals surface area contributed by atoms with Crippen LogP contribution in [0.5, 0.6) is 0 Å². The lowest BCUT2D eigenvalue weighted by Crippen LogP contribution is -2.58. The van der Waals surface area contributed by atoms with E-state index in [-0.39, 0.29) is 41.7 Å². The van der Waals surface area contributed by atoms with E-state index in [1.165, 1.54) is 9.80 Å². The summed E-state index contributed by atoms with van der Waals surface area (Å²) < 4.78 is 42.4. The number of anilines is 1. The van der Waals surface area contributed by atoms with Gasteiger partial charge in [-0.3, -0.25) is 19.3 Å². The van der Waals surface area contributed by atoms with Crippen LogP contribution in [-0.2, 0) is 24.4 Å². The molecular weight excluding hydrogens is 465 g/mol. The minimum absolute atomic E-state index is 0.0867. The third kappa shape index (κ3) is 3.96. The minimum atomic E-state index is -4.64. The van der Waals surface area contributed by atoms with Crippen molar-refractivity contribution >= 4 is 45.0 Å². The summed E-state index contributed by atoms with van der Waals surface area (Å²) in [5.74, 6) is -3.19. The number of halogens is 2. The first kappa shape index (κ1) is 22.9. The van der Waals surface area contributed by atoms with E-state index in [0.717, 1.165) is 12.5 Å². The molecule has 0 unspecified atom stereocenters. The Labute approximate surface area is 189 Å². The predicted octanol–water partition coefficient (Wildman–Crippen LogP) is -0.347. The highest BCUT2D eigenvalue weighted by Crippen LogP contribution is 2.36. The number of benzene rings is 1. The minimum Gasteiger partial charge on any atom is -0.368 e. The van der Waals surface area contributed by atoms with Crippen molar-refractivity contribution in [3.63, 3.8) is 0 Å². The molecule has 13 heteroatoms. The van der Waals surface area contributed by atoms with Crippen LogP contribution in [0.2, 0.25) is 5.02 Å². The molecule has 3 heterocycles. The van der Waals surface area contributed by atoms with Gasteiger partial charge in [0.25, 0.3) is 5.91 Å². The molecule has 4 rings (SSSR count). The maximum Gasteiger partial charge on any atom is 0.250 e. The summed E-state index contributed by atoms with van der Waals surface area (Å²) in [6, 6.07) is -0.245. The first-order valence-electron chi connectivity index (χ1n) is 10.1. The van der Waals surface area contributed by atoms with E-state index in [4.69, 9.17) is 17.3 Å². The molecule has 3 fully saturated rings. The molecule has 0 aliphatic carbocycles. The van der Waals surface area contributed by atoms with Crippen LogP contribution < -0.4 is 15.4 Å². The second kappa shape index (κ2) is 8.25. The van der Waals surface area contributed by atoms with Crippen LogP contribution in [-0.4, -0.2) is 80.7 Å². The summed E-state index contributed by atoms with van der Waals surface area (Å²) in [5.41, 5.74) is 5.26. The number of piperazine rings is 1. The van der Waals surface area contributed by atoms with Gasteiger partial charge in [0.05, 0.1) is 10.7 Å². The number of carbonyl (C=O) groups is 3. The summed E-state index contributed by atoms with van der Waals surface area (Å²) in [4.78, 5) is 41.1. The zero-order valence-corrected chi connectivity index (χ0v) is 18.8. The van der Waals surface area contributed by atoms with Crippen molar-refractivity contribution in [2.24, 2.45) is 5.73 Å². The lowest BCUT2D eigenvalue weighted by Gasteiger charge is -2.33. The average Bonchev–Trinajstić information content (AvgIpc) is 3.42. The van der Waals surface area contributed by atoms with Crippen LogP contribution in [0, 0.1) is 5.82 Å². The SMILES string of the molecule is CN1C[C@@H]2C[C@H]1CN2C(=O)[C@@H](NS(=O)(=O)c1cc(F)cc(N2CCCC2=O)c1Cl)C(N)=O. The zero-order chi connectivity index (χ0) is 23.4. The molecule has 174 valence electrons. The number of rotatable bonds is 6. The van der Waals surface area contributed by atoms with Gasteiger partial charge in [0.15, 0.2) is 6.04 Å². The Morgan fingerprint density at radius 2 is 2.00 bits per heavy atom. The average molecular weight is 488 g/mol. The Morgan fingerprint density at radius 1 is 1.28 bits per heavy atom. The number of nitrogens with zero attached hydrogens (tertiary/aromatic N) is 3. The van der Waals surface area contributed by atoms with Crippen LogP contribution in [0.4, 0.5) is 10.1 Å². The van der Waals surface area contributed by atoms with E-state index in [0.29, 0.717) is 25.6 Å². The number of fused-ring (bicyclic) bond motifs is 2. The van der Waals surface area contributed by atoms with Crippen molar-refractivity contribution in [3.05, 3.63) is 23.0 Å². The zero-order valence-electron chi connectivity index (χ0n) is 17.3. The Morgan fingerprint density at radius 3 is 2.53 bits per heavy atom. The number of hydrogen-bond acceptors (Lipinski definition) is 6. The van der Waals surface area contributed by atoms with Gasteiger partial charge in [-0.2, -0.15) is 4.72 Å². The second-order valence-corrected chi connectivity index (χ2v) is 10.4. The van der Waals surface area contributed by atoms with Crippen molar-refractivity contribution < 1.29 is 27.2 Å². The molecule has 3 saturated heterocycles. The maximum absolute atomic E-state index is 14.3. The van der Waals surface area contributed by atoms with Gasteiger partial charge < -0.3 is 15.5 Å². The molecule has 32 heavy (non-hydrogen) atoms. The van der Waals surface area contributed by atoms with Crippen molar-refractivity contribution in [3.8, 4) is 0 Å². The number of nitrogens with two attached hydrogens (primary N) is 1. The monoisotopic (exact) mass is 487 g/mol. The lowest BCUT2D eigenvalue weighted by molar-refractivity contribution is -0.139. The van der Waals surface area contributed by atoms with Gasteiger partial charge in [-0.1, -0.05) is 11.6 Å². The molecule has 3 amide bonds. The number of carbonyl (C=O) groups excluding carboxylic acids is 3. The second-order valence-electron chi connectivity index (χ2n) is 8.32. The van der Waals surface area contributed by atoms with Gasteiger partial charge in [0.1, 0.15) is 10.7 Å². The van der Waals surface area contributed by atoms with Crippen LogP contribution in [0.15, 0.2) is 17.0 Å². The maximum atomic E-state index is 14.3. The first-order valence-corrected chi connectivity index (χ1v) is 12.0. The van der Waals surface area contributed by atoms with Crippen molar-refractivity contribution in [2.45, 2.75) is 42.3 Å². The highest BCUT2D eigenvalue weighted by atomic mass is 35.5. The predicted molar refractivity (Wildman–Crippen MR) is 113 cm³/mol. The number of likely N-dealkylation sites (tertiary alicyclic amines) is 2. The van der Waals surface area contributed by atoms with Gasteiger partial charge in [0, 0.05) is 38.1 Å². The van der Waals surface area contributed by atoms with Gasteiger partial charge in [-0.15, -0.1) is 0 Å². The highest BCUT2D eigenvalue weighted by Gasteiger charge is 2.47. The summed E-state index contributed by atoms with van der Waals surface area (Å²) in [7, 11) is -2.72. The molecule has 1 aromatic carbocycles. The van der Waals surface area contributed by atoms with E-state index in [1.54, 1.807) is 0 Å². The standard InChI is InChI=1S/C19H23ClFN5O5S/c1-24-8-12-7-11(24)9-26(12)19(29)17(18(22)28)23-32(30,31)14-6-10(21)5-13(16(14)20)25-4-2-3-15(25)27/h5-6,11-12,17,23H,2-4,7-9H2,1H3,(H2,22,28)/t11-,12-,17-/m0/s1. The van der Waals surface area contributed by atoms with E-state index in [9.17, 15) is 27.2 Å².